The van der Waals surface area contributed by atoms with Crippen LogP contribution in [0.1, 0.15) is 37.8 Å². The zero-order valence-corrected chi connectivity index (χ0v) is 20.4. The Balaban J connectivity index is 1.61. The van der Waals surface area contributed by atoms with Gasteiger partial charge in [0.15, 0.2) is 17.2 Å². The van der Waals surface area contributed by atoms with E-state index in [1.165, 1.54) is 17.3 Å². The minimum absolute atomic E-state index is 0.0881. The summed E-state index contributed by atoms with van der Waals surface area (Å²) in [5, 5.41) is 8.41. The lowest BCUT2D eigenvalue weighted by atomic mass is 9.95. The zero-order chi connectivity index (χ0) is 25.2. The van der Waals surface area contributed by atoms with Crippen LogP contribution < -0.4 is 14.4 Å². The molecule has 1 amide bonds. The Morgan fingerprint density at radius 2 is 1.97 bits per heavy atom. The lowest BCUT2D eigenvalue weighted by Gasteiger charge is -2.29. The van der Waals surface area contributed by atoms with Gasteiger partial charge in [0.2, 0.25) is 0 Å². The smallest absolute Gasteiger partial charge is 0.416 e. The van der Waals surface area contributed by atoms with Gasteiger partial charge < -0.3 is 18.8 Å². The predicted molar refractivity (Wildman–Crippen MR) is 128 cm³/mol. The molecule has 0 fully saturated rings. The van der Waals surface area contributed by atoms with E-state index in [0.29, 0.717) is 52.1 Å². The number of imidazole rings is 1. The minimum Gasteiger partial charge on any atom is -0.493 e. The number of benzene rings is 1. The highest BCUT2D eigenvalue weighted by atomic mass is 19.1. The number of nitrogens with zero attached hydrogens (tertiary/aromatic N) is 6. The van der Waals surface area contributed by atoms with Crippen LogP contribution >= 0.6 is 0 Å². The Morgan fingerprint density at radius 1 is 1.19 bits per heavy atom. The first kappa shape index (κ1) is 22.3. The number of rotatable bonds is 1. The first-order valence-electron chi connectivity index (χ1n) is 11.6. The van der Waals surface area contributed by atoms with Crippen molar-refractivity contribution in [2.45, 2.75) is 38.8 Å². The second-order valence-electron chi connectivity index (χ2n) is 9.96. The Morgan fingerprint density at radius 3 is 2.69 bits per heavy atom. The van der Waals surface area contributed by atoms with Gasteiger partial charge in [-0.3, -0.25) is 9.30 Å². The normalized spacial score (nSPS) is 16.9. The van der Waals surface area contributed by atoms with E-state index in [9.17, 15) is 4.79 Å². The lowest BCUT2D eigenvalue weighted by molar-refractivity contribution is 0.0574. The van der Waals surface area contributed by atoms with Crippen LogP contribution in [0.4, 0.5) is 15.0 Å². The summed E-state index contributed by atoms with van der Waals surface area (Å²) >= 11 is 0. The Labute approximate surface area is 206 Å². The molecule has 0 bridgehead atoms. The van der Waals surface area contributed by atoms with Crippen molar-refractivity contribution in [1.82, 2.24) is 24.1 Å². The Kier molecular flexibility index (Phi) is 4.92. The van der Waals surface area contributed by atoms with E-state index in [4.69, 9.17) is 14.2 Å². The summed E-state index contributed by atoms with van der Waals surface area (Å²) in [5.41, 5.74) is 1.45. The lowest BCUT2D eigenvalue weighted by Crippen LogP contribution is -2.38. The molecule has 5 heterocycles. The van der Waals surface area contributed by atoms with E-state index in [0.717, 1.165) is 0 Å². The molecule has 0 radical (unpaired) electrons. The topological polar surface area (TPSA) is 96.0 Å². The van der Waals surface area contributed by atoms with Crippen LogP contribution in [0.5, 0.6) is 11.5 Å². The standard InChI is InChI=1S/C25H25FN6O4/c1-25(2,3)36-24(33)31-10-16-17(26)5-6-18-20(16)14(11-34-18)12-35-19-9-15(21-27-7-8-30(21)4)22-29-28-13-32(22)23(19)31/h5-9,13-14H,10-12H2,1-4H3/t14-/m1/s1. The number of aryl methyl sites for hydroxylation is 1. The molecule has 0 spiro atoms. The summed E-state index contributed by atoms with van der Waals surface area (Å²) in [6, 6.07) is 4.78. The Bertz CT molecular complexity index is 1500. The quantitative estimate of drug-likeness (QED) is 0.395. The van der Waals surface area contributed by atoms with Gasteiger partial charge >= 0.3 is 6.09 Å². The van der Waals surface area contributed by atoms with E-state index < -0.39 is 17.5 Å². The average molecular weight is 493 g/mol. The van der Waals surface area contributed by atoms with Crippen molar-refractivity contribution in [1.29, 1.82) is 0 Å². The van der Waals surface area contributed by atoms with Crippen LogP contribution in [0.25, 0.3) is 17.0 Å². The van der Waals surface area contributed by atoms with Gasteiger partial charge in [0.05, 0.1) is 31.2 Å². The molecule has 1 aromatic carbocycles. The number of halogens is 1. The summed E-state index contributed by atoms with van der Waals surface area (Å²) in [7, 11) is 1.88. The SMILES string of the molecule is Cn1ccnc1-c1cc2c(n3cnnc13)N(C(=O)OC(C)(C)C)Cc1c(F)ccc3c1[C@H](CO3)CO2. The number of carbonyl (C=O) groups is 1. The molecule has 1 atom stereocenters. The summed E-state index contributed by atoms with van der Waals surface area (Å²) in [6.07, 6.45) is 4.37. The fourth-order valence-corrected chi connectivity index (χ4v) is 4.76. The summed E-state index contributed by atoms with van der Waals surface area (Å²) in [6.45, 7) is 5.83. The number of fused-ring (bicyclic) bond motifs is 3. The van der Waals surface area contributed by atoms with Gasteiger partial charge in [-0.1, -0.05) is 0 Å². The highest BCUT2D eigenvalue weighted by Gasteiger charge is 2.37. The van der Waals surface area contributed by atoms with Gasteiger partial charge in [0.1, 0.15) is 29.3 Å². The Hall–Kier alpha value is -4.15. The van der Waals surface area contributed by atoms with Gasteiger partial charge in [-0.15, -0.1) is 10.2 Å². The largest absolute Gasteiger partial charge is 0.493 e. The maximum atomic E-state index is 15.3. The first-order chi connectivity index (χ1) is 17.2. The molecule has 6 rings (SSSR count). The number of anilines is 1. The van der Waals surface area contributed by atoms with Crippen LogP contribution in [-0.4, -0.2) is 49.1 Å². The van der Waals surface area contributed by atoms with E-state index in [1.54, 1.807) is 43.5 Å². The van der Waals surface area contributed by atoms with Crippen molar-refractivity contribution in [3.05, 3.63) is 53.9 Å². The molecule has 4 aromatic rings. The molecule has 0 saturated heterocycles. The van der Waals surface area contributed by atoms with Crippen molar-refractivity contribution >= 4 is 17.6 Å². The molecule has 10 nitrogen and oxygen atoms in total. The minimum atomic E-state index is -0.779. The molecule has 0 unspecified atom stereocenters. The summed E-state index contributed by atoms with van der Waals surface area (Å²) in [4.78, 5) is 19.5. The van der Waals surface area contributed by atoms with Gasteiger partial charge in [0, 0.05) is 30.6 Å². The number of pyridine rings is 1. The molecule has 2 aliphatic heterocycles. The molecular formula is C25H25FN6O4. The number of carbonyl (C=O) groups excluding carboxylic acids is 1. The van der Waals surface area contributed by atoms with Crippen LogP contribution in [0, 0.1) is 5.82 Å². The fraction of sp³-hybridized carbons (Fsp3) is 0.360. The van der Waals surface area contributed by atoms with Crippen LogP contribution in [-0.2, 0) is 18.3 Å². The fourth-order valence-electron chi connectivity index (χ4n) is 4.76. The van der Waals surface area contributed by atoms with Gasteiger partial charge in [-0.25, -0.2) is 14.2 Å². The zero-order valence-electron chi connectivity index (χ0n) is 20.4. The second kappa shape index (κ2) is 7.94. The molecule has 0 N–H and O–H groups in total. The van der Waals surface area contributed by atoms with Crippen molar-refractivity contribution < 1.29 is 23.4 Å². The van der Waals surface area contributed by atoms with E-state index in [-0.39, 0.29) is 19.1 Å². The van der Waals surface area contributed by atoms with Gasteiger partial charge in [-0.2, -0.15) is 0 Å². The highest BCUT2D eigenvalue weighted by molar-refractivity contribution is 5.91. The maximum absolute atomic E-state index is 15.3. The van der Waals surface area contributed by atoms with Crippen LogP contribution in [0.3, 0.4) is 0 Å². The number of aromatic nitrogens is 5. The molecule has 0 saturated carbocycles. The molecule has 0 aliphatic carbocycles. The van der Waals surface area contributed by atoms with E-state index in [1.807, 2.05) is 17.8 Å². The van der Waals surface area contributed by atoms with Gasteiger partial charge in [0.25, 0.3) is 0 Å². The number of hydrogen-bond acceptors (Lipinski definition) is 7. The van der Waals surface area contributed by atoms with E-state index >= 15 is 4.39 Å². The monoisotopic (exact) mass is 492 g/mol. The van der Waals surface area contributed by atoms with E-state index in [2.05, 4.69) is 15.2 Å². The van der Waals surface area contributed by atoms with Crippen molar-refractivity contribution in [2.24, 2.45) is 7.05 Å². The molecule has 2 aliphatic rings. The molecule has 11 heteroatoms. The first-order valence-corrected chi connectivity index (χ1v) is 11.6. The molecule has 36 heavy (non-hydrogen) atoms. The van der Waals surface area contributed by atoms with Crippen LogP contribution in [0.2, 0.25) is 0 Å². The van der Waals surface area contributed by atoms with Crippen LogP contribution in [0.15, 0.2) is 36.9 Å². The van der Waals surface area contributed by atoms with Crippen molar-refractivity contribution in [2.75, 3.05) is 18.1 Å². The molecular weight excluding hydrogens is 467 g/mol. The third-order valence-corrected chi connectivity index (χ3v) is 6.31. The third-order valence-electron chi connectivity index (χ3n) is 6.31. The average Bonchev–Trinajstić information content (AvgIpc) is 3.55. The number of ether oxygens (including phenoxy) is 3. The second-order valence-corrected chi connectivity index (χ2v) is 9.96. The van der Waals surface area contributed by atoms with Crippen molar-refractivity contribution in [3.8, 4) is 22.9 Å². The number of amides is 1. The molecule has 186 valence electrons. The molecule has 3 aromatic heterocycles. The van der Waals surface area contributed by atoms with Crippen molar-refractivity contribution in [3.63, 3.8) is 0 Å². The van der Waals surface area contributed by atoms with Gasteiger partial charge in [-0.05, 0) is 39.0 Å². The third kappa shape index (κ3) is 3.53. The summed E-state index contributed by atoms with van der Waals surface area (Å²) < 4.78 is 36.7. The highest BCUT2D eigenvalue weighted by Crippen LogP contribution is 2.43. The maximum Gasteiger partial charge on any atom is 0.416 e. The predicted octanol–water partition coefficient (Wildman–Crippen LogP) is 4.08. The summed E-state index contributed by atoms with van der Waals surface area (Å²) in [5.74, 6) is 1.37. The number of hydrogen-bond donors (Lipinski definition) is 0.